The fourth-order valence-corrected chi connectivity index (χ4v) is 2.51. The lowest BCUT2D eigenvalue weighted by atomic mass is 10.0. The number of hydrogen-bond donors (Lipinski definition) is 1. The third-order valence-electron chi connectivity index (χ3n) is 3.34. The molecular formula is C16H20IN3. The Kier molecular flexibility index (Phi) is 4.96. The van der Waals surface area contributed by atoms with Crippen LogP contribution in [0.25, 0.3) is 0 Å². The Morgan fingerprint density at radius 2 is 1.85 bits per heavy atom. The van der Waals surface area contributed by atoms with Crippen LogP contribution >= 0.6 is 22.6 Å². The summed E-state index contributed by atoms with van der Waals surface area (Å²) in [5.74, 6) is 1.82. The van der Waals surface area contributed by atoms with Crippen LogP contribution in [0.2, 0.25) is 0 Å². The molecule has 0 amide bonds. The summed E-state index contributed by atoms with van der Waals surface area (Å²) >= 11 is 2.30. The Morgan fingerprint density at radius 3 is 2.50 bits per heavy atom. The van der Waals surface area contributed by atoms with E-state index in [1.54, 1.807) is 0 Å². The molecule has 0 atom stereocenters. The topological polar surface area (TPSA) is 37.8 Å². The minimum absolute atomic E-state index is 0.775. The molecule has 4 heteroatoms. The zero-order chi connectivity index (χ0) is 14.7. The fraction of sp³-hybridized carbons (Fsp3) is 0.375. The van der Waals surface area contributed by atoms with Gasteiger partial charge in [-0.25, -0.2) is 9.97 Å². The first-order valence-corrected chi connectivity index (χ1v) is 7.92. The van der Waals surface area contributed by atoms with Gasteiger partial charge in [-0.15, -0.1) is 0 Å². The number of rotatable bonds is 4. The molecule has 2 aromatic rings. The van der Waals surface area contributed by atoms with E-state index in [0.717, 1.165) is 33.9 Å². The molecular weight excluding hydrogens is 361 g/mol. The third-order valence-corrected chi connectivity index (χ3v) is 4.63. The van der Waals surface area contributed by atoms with Gasteiger partial charge in [0, 0.05) is 13.0 Å². The van der Waals surface area contributed by atoms with Crippen molar-refractivity contribution in [2.24, 2.45) is 0 Å². The molecule has 20 heavy (non-hydrogen) atoms. The van der Waals surface area contributed by atoms with Crippen molar-refractivity contribution in [3.63, 3.8) is 0 Å². The first-order valence-electron chi connectivity index (χ1n) is 6.84. The van der Waals surface area contributed by atoms with Gasteiger partial charge < -0.3 is 5.32 Å². The monoisotopic (exact) mass is 381 g/mol. The van der Waals surface area contributed by atoms with Crippen molar-refractivity contribution in [2.75, 3.05) is 11.9 Å². The Labute approximate surface area is 134 Å². The average molecular weight is 381 g/mol. The van der Waals surface area contributed by atoms with Crippen LogP contribution < -0.4 is 5.32 Å². The Morgan fingerprint density at radius 1 is 1.10 bits per heavy atom. The standard InChI is InChI=1S/C16H20IN3/c1-5-18-16-15(17)12(4)19-14(20-16)9-13-7-6-10(2)11(3)8-13/h6-8H,5,9H2,1-4H3,(H,18,19,20). The van der Waals surface area contributed by atoms with Crippen molar-refractivity contribution in [2.45, 2.75) is 34.1 Å². The van der Waals surface area contributed by atoms with E-state index in [1.165, 1.54) is 16.7 Å². The summed E-state index contributed by atoms with van der Waals surface area (Å²) < 4.78 is 1.10. The van der Waals surface area contributed by atoms with Crippen LogP contribution in [0.15, 0.2) is 18.2 Å². The van der Waals surface area contributed by atoms with Crippen molar-refractivity contribution in [3.05, 3.63) is 50.0 Å². The Bertz CT molecular complexity index is 623. The highest BCUT2D eigenvalue weighted by atomic mass is 127. The van der Waals surface area contributed by atoms with Gasteiger partial charge >= 0.3 is 0 Å². The third kappa shape index (κ3) is 3.48. The predicted octanol–water partition coefficient (Wildman–Crippen LogP) is 4.03. The van der Waals surface area contributed by atoms with Crippen LogP contribution in [-0.4, -0.2) is 16.5 Å². The molecule has 0 aliphatic carbocycles. The quantitative estimate of drug-likeness (QED) is 0.813. The molecule has 1 aromatic heterocycles. The summed E-state index contributed by atoms with van der Waals surface area (Å²) in [6.45, 7) is 9.26. The second-order valence-corrected chi connectivity index (χ2v) is 6.09. The molecule has 0 radical (unpaired) electrons. The molecule has 0 unspecified atom stereocenters. The number of aromatic nitrogens is 2. The van der Waals surface area contributed by atoms with Gasteiger partial charge in [-0.05, 0) is 67.0 Å². The second-order valence-electron chi connectivity index (χ2n) is 5.01. The van der Waals surface area contributed by atoms with Gasteiger partial charge in [0.2, 0.25) is 0 Å². The van der Waals surface area contributed by atoms with Crippen molar-refractivity contribution >= 4 is 28.4 Å². The number of anilines is 1. The summed E-state index contributed by atoms with van der Waals surface area (Å²) in [7, 11) is 0. The van der Waals surface area contributed by atoms with Crippen LogP contribution in [0, 0.1) is 24.3 Å². The highest BCUT2D eigenvalue weighted by molar-refractivity contribution is 14.1. The normalized spacial score (nSPS) is 10.7. The number of hydrogen-bond acceptors (Lipinski definition) is 3. The zero-order valence-electron chi connectivity index (χ0n) is 12.4. The molecule has 1 aromatic carbocycles. The number of benzene rings is 1. The van der Waals surface area contributed by atoms with Gasteiger partial charge in [-0.1, -0.05) is 18.2 Å². The maximum absolute atomic E-state index is 4.64. The molecule has 1 N–H and O–H groups in total. The van der Waals surface area contributed by atoms with E-state index < -0.39 is 0 Å². The minimum Gasteiger partial charge on any atom is -0.369 e. The molecule has 0 aliphatic rings. The van der Waals surface area contributed by atoms with Crippen molar-refractivity contribution in [3.8, 4) is 0 Å². The molecule has 0 fully saturated rings. The average Bonchev–Trinajstić information content (AvgIpc) is 2.40. The molecule has 0 saturated carbocycles. The predicted molar refractivity (Wildman–Crippen MR) is 92.4 cm³/mol. The highest BCUT2D eigenvalue weighted by Crippen LogP contribution is 2.20. The minimum atomic E-state index is 0.775. The summed E-state index contributed by atoms with van der Waals surface area (Å²) in [4.78, 5) is 9.24. The van der Waals surface area contributed by atoms with Gasteiger partial charge in [-0.2, -0.15) is 0 Å². The molecule has 1 heterocycles. The lowest BCUT2D eigenvalue weighted by Crippen LogP contribution is -2.08. The number of nitrogens with zero attached hydrogens (tertiary/aromatic N) is 2. The van der Waals surface area contributed by atoms with Crippen LogP contribution in [-0.2, 0) is 6.42 Å². The molecule has 0 spiro atoms. The van der Waals surface area contributed by atoms with E-state index in [2.05, 4.69) is 76.8 Å². The summed E-state index contributed by atoms with van der Waals surface area (Å²) in [6, 6.07) is 6.54. The highest BCUT2D eigenvalue weighted by Gasteiger charge is 2.09. The first kappa shape index (κ1) is 15.2. The molecule has 106 valence electrons. The first-order chi connectivity index (χ1) is 9.51. The Balaban J connectivity index is 2.31. The van der Waals surface area contributed by atoms with Crippen LogP contribution in [0.3, 0.4) is 0 Å². The lowest BCUT2D eigenvalue weighted by Gasteiger charge is -2.10. The second kappa shape index (κ2) is 6.52. The molecule has 3 nitrogen and oxygen atoms in total. The number of aryl methyl sites for hydroxylation is 3. The summed E-state index contributed by atoms with van der Waals surface area (Å²) in [5, 5.41) is 3.30. The molecule has 0 saturated heterocycles. The molecule has 0 bridgehead atoms. The van der Waals surface area contributed by atoms with E-state index in [9.17, 15) is 0 Å². The van der Waals surface area contributed by atoms with E-state index in [-0.39, 0.29) is 0 Å². The van der Waals surface area contributed by atoms with Crippen molar-refractivity contribution < 1.29 is 0 Å². The van der Waals surface area contributed by atoms with E-state index in [1.807, 2.05) is 6.92 Å². The summed E-state index contributed by atoms with van der Waals surface area (Å²) in [5.41, 5.74) is 4.94. The number of nitrogens with one attached hydrogen (secondary N) is 1. The van der Waals surface area contributed by atoms with E-state index in [4.69, 9.17) is 0 Å². The zero-order valence-corrected chi connectivity index (χ0v) is 14.6. The van der Waals surface area contributed by atoms with Crippen molar-refractivity contribution in [1.82, 2.24) is 9.97 Å². The maximum Gasteiger partial charge on any atom is 0.143 e. The van der Waals surface area contributed by atoms with Crippen molar-refractivity contribution in [1.29, 1.82) is 0 Å². The van der Waals surface area contributed by atoms with Crippen LogP contribution in [0.1, 0.15) is 35.1 Å². The van der Waals surface area contributed by atoms with Crippen LogP contribution in [0.4, 0.5) is 5.82 Å². The number of halogens is 1. The van der Waals surface area contributed by atoms with Gasteiger partial charge in [0.25, 0.3) is 0 Å². The molecule has 2 rings (SSSR count). The van der Waals surface area contributed by atoms with Gasteiger partial charge in [0.05, 0.1) is 9.26 Å². The lowest BCUT2D eigenvalue weighted by molar-refractivity contribution is 0.928. The van der Waals surface area contributed by atoms with E-state index in [0.29, 0.717) is 0 Å². The Hall–Kier alpha value is -1.17. The van der Waals surface area contributed by atoms with Gasteiger partial charge in [0.15, 0.2) is 0 Å². The van der Waals surface area contributed by atoms with Gasteiger partial charge in [-0.3, -0.25) is 0 Å². The smallest absolute Gasteiger partial charge is 0.143 e. The summed E-state index contributed by atoms with van der Waals surface area (Å²) in [6.07, 6.45) is 0.775. The maximum atomic E-state index is 4.64. The SMILES string of the molecule is CCNc1nc(Cc2ccc(C)c(C)c2)nc(C)c1I. The van der Waals surface area contributed by atoms with E-state index >= 15 is 0 Å². The van der Waals surface area contributed by atoms with Gasteiger partial charge in [0.1, 0.15) is 11.6 Å². The molecule has 0 aliphatic heterocycles. The fourth-order valence-electron chi connectivity index (χ4n) is 2.08. The largest absolute Gasteiger partial charge is 0.369 e. The van der Waals surface area contributed by atoms with Crippen LogP contribution in [0.5, 0.6) is 0 Å².